The maximum atomic E-state index is 12.4. The van der Waals surface area contributed by atoms with Gasteiger partial charge in [-0.25, -0.2) is 8.78 Å². The van der Waals surface area contributed by atoms with E-state index in [4.69, 9.17) is 0 Å². The topological polar surface area (TPSA) is 9.23 Å². The zero-order valence-electron chi connectivity index (χ0n) is 8.22. The van der Waals surface area contributed by atoms with E-state index in [0.29, 0.717) is 0 Å². The van der Waals surface area contributed by atoms with Crippen LogP contribution in [0.25, 0.3) is 0 Å². The number of hydrogen-bond donors (Lipinski definition) is 0. The summed E-state index contributed by atoms with van der Waals surface area (Å²) in [5.41, 5.74) is 0. The van der Waals surface area contributed by atoms with Crippen molar-refractivity contribution >= 4 is 0 Å². The van der Waals surface area contributed by atoms with Gasteiger partial charge in [0.2, 0.25) is 0 Å². The summed E-state index contributed by atoms with van der Waals surface area (Å²) >= 11 is 0. The average molecular weight is 278 g/mol. The Kier molecular flexibility index (Phi) is 4.36. The molecule has 0 aromatic rings. The Morgan fingerprint density at radius 3 is 1.53 bits per heavy atom. The van der Waals surface area contributed by atoms with Crippen LogP contribution >= 0.6 is 0 Å². The number of hydrogen-bond acceptors (Lipinski definition) is 1. The molecule has 17 heavy (non-hydrogen) atoms. The van der Waals surface area contributed by atoms with Crippen molar-refractivity contribution in [2.75, 3.05) is 6.61 Å². The quantitative estimate of drug-likeness (QED) is 0.694. The molecular formula is C7H7F9O. The van der Waals surface area contributed by atoms with Gasteiger partial charge >= 0.3 is 24.1 Å². The summed E-state index contributed by atoms with van der Waals surface area (Å²) < 4.78 is 111. The fourth-order valence-electron chi connectivity index (χ4n) is 0.607. The van der Waals surface area contributed by atoms with Gasteiger partial charge in [-0.15, -0.1) is 0 Å². The molecule has 0 aliphatic rings. The molecule has 0 unspecified atom stereocenters. The van der Waals surface area contributed by atoms with Crippen LogP contribution in [0.5, 0.6) is 0 Å². The summed E-state index contributed by atoms with van der Waals surface area (Å²) in [6.45, 7) is -2.78. The van der Waals surface area contributed by atoms with Crippen LogP contribution in [-0.2, 0) is 4.74 Å². The first-order valence-corrected chi connectivity index (χ1v) is 4.00. The second-order valence-electron chi connectivity index (χ2n) is 3.31. The first-order chi connectivity index (χ1) is 7.16. The van der Waals surface area contributed by atoms with E-state index in [1.165, 1.54) is 0 Å². The van der Waals surface area contributed by atoms with Crippen LogP contribution in [0.15, 0.2) is 0 Å². The third-order valence-electron chi connectivity index (χ3n) is 1.51. The SMILES string of the molecule is CC(F)(F)C(F)(F)COC(F)(F)CC(F)(F)F. The van der Waals surface area contributed by atoms with E-state index >= 15 is 0 Å². The van der Waals surface area contributed by atoms with E-state index in [2.05, 4.69) is 4.74 Å². The van der Waals surface area contributed by atoms with Gasteiger partial charge in [0.15, 0.2) is 0 Å². The molecular weight excluding hydrogens is 271 g/mol. The zero-order valence-corrected chi connectivity index (χ0v) is 8.22. The molecule has 0 aliphatic heterocycles. The summed E-state index contributed by atoms with van der Waals surface area (Å²) in [7, 11) is 0. The van der Waals surface area contributed by atoms with Crippen LogP contribution in [0.3, 0.4) is 0 Å². The third-order valence-corrected chi connectivity index (χ3v) is 1.51. The van der Waals surface area contributed by atoms with Gasteiger partial charge in [-0.2, -0.15) is 30.7 Å². The predicted octanol–water partition coefficient (Wildman–Crippen LogP) is 3.84. The van der Waals surface area contributed by atoms with E-state index in [9.17, 15) is 39.5 Å². The molecule has 0 N–H and O–H groups in total. The Hall–Kier alpha value is -0.670. The second kappa shape index (κ2) is 4.54. The Bertz CT molecular complexity index is 251. The Morgan fingerprint density at radius 1 is 0.824 bits per heavy atom. The highest BCUT2D eigenvalue weighted by Crippen LogP contribution is 2.37. The highest BCUT2D eigenvalue weighted by molar-refractivity contribution is 4.80. The van der Waals surface area contributed by atoms with E-state index in [1.807, 2.05) is 0 Å². The lowest BCUT2D eigenvalue weighted by Gasteiger charge is -2.25. The lowest BCUT2D eigenvalue weighted by Crippen LogP contribution is -2.44. The maximum Gasteiger partial charge on any atom is 0.397 e. The van der Waals surface area contributed by atoms with Gasteiger partial charge in [-0.3, -0.25) is 0 Å². The summed E-state index contributed by atoms with van der Waals surface area (Å²) in [6.07, 6.45) is -13.2. The Morgan fingerprint density at radius 2 is 1.24 bits per heavy atom. The summed E-state index contributed by atoms with van der Waals surface area (Å²) in [6, 6.07) is 0. The van der Waals surface area contributed by atoms with Gasteiger partial charge in [-0.05, 0) is 0 Å². The van der Waals surface area contributed by atoms with Gasteiger partial charge in [0.25, 0.3) is 0 Å². The van der Waals surface area contributed by atoms with Crippen molar-refractivity contribution in [3.63, 3.8) is 0 Å². The lowest BCUT2D eigenvalue weighted by atomic mass is 10.2. The molecule has 0 bridgehead atoms. The Labute approximate surface area is 89.5 Å². The smallest absolute Gasteiger partial charge is 0.314 e. The van der Waals surface area contributed by atoms with Crippen molar-refractivity contribution in [3.05, 3.63) is 0 Å². The predicted molar refractivity (Wildman–Crippen MR) is 37.1 cm³/mol. The van der Waals surface area contributed by atoms with Crippen molar-refractivity contribution in [1.29, 1.82) is 0 Å². The number of ether oxygens (including phenoxy) is 1. The van der Waals surface area contributed by atoms with Crippen molar-refractivity contribution in [2.45, 2.75) is 37.5 Å². The van der Waals surface area contributed by atoms with Crippen molar-refractivity contribution in [3.8, 4) is 0 Å². The van der Waals surface area contributed by atoms with Crippen LogP contribution in [0, 0.1) is 0 Å². The minimum atomic E-state index is -5.37. The van der Waals surface area contributed by atoms with Crippen LogP contribution in [-0.4, -0.2) is 30.7 Å². The minimum absolute atomic E-state index is 0.266. The molecule has 0 atom stereocenters. The Balaban J connectivity index is 4.47. The standard InChI is InChI=1S/C7H7F9O/c1-4(8,9)5(10,11)3-17-7(15,16)2-6(12,13)14/h2-3H2,1H3. The number of halogens is 9. The number of rotatable bonds is 5. The van der Waals surface area contributed by atoms with E-state index in [1.54, 1.807) is 0 Å². The van der Waals surface area contributed by atoms with Gasteiger partial charge in [-0.1, -0.05) is 0 Å². The first-order valence-electron chi connectivity index (χ1n) is 4.00. The van der Waals surface area contributed by atoms with Crippen molar-refractivity contribution < 1.29 is 44.3 Å². The van der Waals surface area contributed by atoms with Crippen molar-refractivity contribution in [1.82, 2.24) is 0 Å². The monoisotopic (exact) mass is 278 g/mol. The first kappa shape index (κ1) is 16.3. The van der Waals surface area contributed by atoms with Gasteiger partial charge in [0.1, 0.15) is 13.0 Å². The molecule has 0 radical (unpaired) electrons. The molecule has 0 saturated heterocycles. The van der Waals surface area contributed by atoms with Crippen LogP contribution < -0.4 is 0 Å². The molecule has 0 aliphatic carbocycles. The van der Waals surface area contributed by atoms with E-state index in [0.717, 1.165) is 0 Å². The molecule has 0 saturated carbocycles. The second-order valence-corrected chi connectivity index (χ2v) is 3.31. The summed E-state index contributed by atoms with van der Waals surface area (Å²) in [5, 5.41) is 0. The highest BCUT2D eigenvalue weighted by Gasteiger charge is 2.55. The fourth-order valence-corrected chi connectivity index (χ4v) is 0.607. The van der Waals surface area contributed by atoms with Crippen LogP contribution in [0.4, 0.5) is 39.5 Å². The molecule has 0 rings (SSSR count). The van der Waals surface area contributed by atoms with E-state index in [-0.39, 0.29) is 6.92 Å². The van der Waals surface area contributed by atoms with E-state index < -0.39 is 37.2 Å². The van der Waals surface area contributed by atoms with Gasteiger partial charge in [0.05, 0.1) is 0 Å². The fraction of sp³-hybridized carbons (Fsp3) is 1.00. The van der Waals surface area contributed by atoms with Crippen LogP contribution in [0.1, 0.15) is 13.3 Å². The number of alkyl halides is 9. The zero-order chi connectivity index (χ0) is 14.1. The molecule has 0 aromatic heterocycles. The highest BCUT2D eigenvalue weighted by atomic mass is 19.4. The van der Waals surface area contributed by atoms with Crippen molar-refractivity contribution in [2.24, 2.45) is 0 Å². The molecule has 104 valence electrons. The molecule has 0 fully saturated rings. The lowest BCUT2D eigenvalue weighted by molar-refractivity contribution is -0.325. The largest absolute Gasteiger partial charge is 0.397 e. The minimum Gasteiger partial charge on any atom is -0.314 e. The van der Waals surface area contributed by atoms with Crippen LogP contribution in [0.2, 0.25) is 0 Å². The normalized spacial score (nSPS) is 15.2. The molecule has 0 heterocycles. The molecule has 0 spiro atoms. The third kappa shape index (κ3) is 5.99. The molecule has 0 aromatic carbocycles. The molecule has 0 amide bonds. The summed E-state index contributed by atoms with van der Waals surface area (Å²) in [4.78, 5) is 0. The van der Waals surface area contributed by atoms with Gasteiger partial charge in [0, 0.05) is 6.92 Å². The summed E-state index contributed by atoms with van der Waals surface area (Å²) in [5.74, 6) is -9.66. The average Bonchev–Trinajstić information content (AvgIpc) is 1.94. The maximum absolute atomic E-state index is 12.4. The molecule has 1 nitrogen and oxygen atoms in total. The van der Waals surface area contributed by atoms with Gasteiger partial charge < -0.3 is 4.74 Å². The molecule has 10 heteroatoms.